The third-order valence-corrected chi connectivity index (χ3v) is 13.3. The quantitative estimate of drug-likeness (QED) is 0.0197. The van der Waals surface area contributed by atoms with Gasteiger partial charge in [0.15, 0.2) is 0 Å². The fourth-order valence-electron chi connectivity index (χ4n) is 7.99. The van der Waals surface area contributed by atoms with E-state index in [0.29, 0.717) is 24.1 Å². The molecule has 0 aromatic heterocycles. The van der Waals surface area contributed by atoms with Gasteiger partial charge in [0.1, 0.15) is 19.3 Å². The summed E-state index contributed by atoms with van der Waals surface area (Å²) in [5.74, 6) is -0.333. The number of hydrogen-bond donors (Lipinski definition) is 0. The fourth-order valence-corrected chi connectivity index (χ4v) is 8.72. The summed E-state index contributed by atoms with van der Waals surface area (Å²) in [5.41, 5.74) is 0. The third-order valence-electron chi connectivity index (χ3n) is 12.3. The molecule has 2 atom stereocenters. The summed E-state index contributed by atoms with van der Waals surface area (Å²) in [7, 11) is 1.35. The van der Waals surface area contributed by atoms with Crippen LogP contribution in [0.4, 0.5) is 0 Å². The van der Waals surface area contributed by atoms with Crippen molar-refractivity contribution in [3.05, 3.63) is 60.8 Å². The summed E-state index contributed by atoms with van der Waals surface area (Å²) in [6.07, 6.45) is 66.9. The molecule has 0 bridgehead atoms. The molecule has 68 heavy (non-hydrogen) atoms. The van der Waals surface area contributed by atoms with Gasteiger partial charge < -0.3 is 27.9 Å². The van der Waals surface area contributed by atoms with E-state index < -0.39 is 13.9 Å². The van der Waals surface area contributed by atoms with Gasteiger partial charge in [-0.25, -0.2) is 0 Å². The molecular formula is C59H110NO7P. The lowest BCUT2D eigenvalue weighted by molar-refractivity contribution is -0.870. The molecule has 0 saturated heterocycles. The van der Waals surface area contributed by atoms with E-state index in [1.165, 1.54) is 161 Å². The standard InChI is InChI=1S/C59H110NO7P/c1-6-8-10-12-14-16-18-20-22-24-26-28-30-31-33-35-37-39-41-43-45-47-49-51-54-64-56-58(57-66-68(62,63)65-55-53-60(3,4)5)67-59(61)52-50-48-46-44-42-40-38-36-34-32-29-27-25-23-21-19-17-15-13-11-9-7-2/h8,10,14,16,20,22,26,28,31,33,58H,6-7,9,11-13,15,17-19,21,23-25,27,29-30,32,34-57H2,1-5H3/b10-8-,16-14-,22-20-,28-26-,33-31-. The molecule has 0 rings (SSSR count). The van der Waals surface area contributed by atoms with Gasteiger partial charge in [-0.05, 0) is 57.8 Å². The number of ether oxygens (including phenoxy) is 2. The number of nitrogens with zero attached hydrogens (tertiary/aromatic N) is 1. The van der Waals surface area contributed by atoms with Crippen molar-refractivity contribution in [2.45, 2.75) is 258 Å². The average Bonchev–Trinajstić information content (AvgIpc) is 3.30. The molecule has 0 saturated carbocycles. The van der Waals surface area contributed by atoms with Crippen molar-refractivity contribution >= 4 is 13.8 Å². The van der Waals surface area contributed by atoms with Crippen LogP contribution < -0.4 is 4.89 Å². The Morgan fingerprint density at radius 1 is 0.471 bits per heavy atom. The molecule has 0 aromatic rings. The molecule has 0 radical (unpaired) electrons. The largest absolute Gasteiger partial charge is 0.756 e. The molecule has 0 aromatic carbocycles. The highest BCUT2D eigenvalue weighted by Crippen LogP contribution is 2.38. The van der Waals surface area contributed by atoms with Crippen molar-refractivity contribution < 1.29 is 37.3 Å². The summed E-state index contributed by atoms with van der Waals surface area (Å²) in [6.45, 7) is 5.32. The number of unbranched alkanes of at least 4 members (excludes halogenated alkanes) is 29. The molecule has 0 heterocycles. The van der Waals surface area contributed by atoms with Crippen LogP contribution in [0, 0.1) is 0 Å². The minimum absolute atomic E-state index is 0.0237. The Hall–Kier alpha value is -1.80. The topological polar surface area (TPSA) is 94.1 Å². The number of likely N-dealkylation sites (N-methyl/N-ethyl adjacent to an activating group) is 1. The van der Waals surface area contributed by atoms with Crippen LogP contribution in [-0.2, 0) is 27.9 Å². The van der Waals surface area contributed by atoms with Gasteiger partial charge in [-0.15, -0.1) is 0 Å². The molecule has 0 aliphatic rings. The first-order valence-electron chi connectivity index (χ1n) is 28.5. The predicted octanol–water partition coefficient (Wildman–Crippen LogP) is 17.4. The third kappa shape index (κ3) is 55.1. The highest BCUT2D eigenvalue weighted by Gasteiger charge is 2.20. The van der Waals surface area contributed by atoms with E-state index in [9.17, 15) is 14.3 Å². The van der Waals surface area contributed by atoms with Gasteiger partial charge in [0.05, 0.1) is 34.4 Å². The number of esters is 1. The summed E-state index contributed by atoms with van der Waals surface area (Å²) >= 11 is 0. The predicted molar refractivity (Wildman–Crippen MR) is 291 cm³/mol. The summed E-state index contributed by atoms with van der Waals surface area (Å²) in [4.78, 5) is 25.3. The van der Waals surface area contributed by atoms with Crippen molar-refractivity contribution in [1.82, 2.24) is 0 Å². The maximum atomic E-state index is 12.8. The fraction of sp³-hybridized carbons (Fsp3) is 0.814. The second kappa shape index (κ2) is 51.6. The first-order chi connectivity index (χ1) is 33.1. The van der Waals surface area contributed by atoms with E-state index in [2.05, 4.69) is 74.6 Å². The minimum atomic E-state index is -4.54. The van der Waals surface area contributed by atoms with Crippen LogP contribution in [0.2, 0.25) is 0 Å². The molecule has 0 spiro atoms. The molecule has 0 N–H and O–H groups in total. The van der Waals surface area contributed by atoms with Crippen LogP contribution in [0.3, 0.4) is 0 Å². The Labute approximate surface area is 421 Å². The van der Waals surface area contributed by atoms with Crippen LogP contribution in [-0.4, -0.2) is 70.7 Å². The Bertz CT molecular complexity index is 1270. The lowest BCUT2D eigenvalue weighted by atomic mass is 10.0. The number of phosphoric acid groups is 1. The highest BCUT2D eigenvalue weighted by molar-refractivity contribution is 7.45. The number of carbonyl (C=O) groups is 1. The van der Waals surface area contributed by atoms with E-state index >= 15 is 0 Å². The molecular weight excluding hydrogens is 866 g/mol. The first kappa shape index (κ1) is 66.2. The SMILES string of the molecule is CC/C=C\C/C=C\C/C=C\C/C=C\C/C=C\CCCCCCCCCCOCC(COP(=O)([O-])OCC[N+](C)(C)C)OC(=O)CCCCCCCCCCCCCCCCCCCCCCCC. The van der Waals surface area contributed by atoms with E-state index in [0.717, 1.165) is 70.6 Å². The van der Waals surface area contributed by atoms with Gasteiger partial charge in [-0.2, -0.15) is 0 Å². The van der Waals surface area contributed by atoms with Crippen molar-refractivity contribution in [2.75, 3.05) is 54.1 Å². The molecule has 0 amide bonds. The second-order valence-electron chi connectivity index (χ2n) is 20.3. The summed E-state index contributed by atoms with van der Waals surface area (Å²) in [6, 6.07) is 0. The zero-order valence-electron chi connectivity index (χ0n) is 45.3. The lowest BCUT2D eigenvalue weighted by Gasteiger charge is -2.28. The van der Waals surface area contributed by atoms with Gasteiger partial charge in [0.2, 0.25) is 0 Å². The average molecular weight is 977 g/mol. The Kier molecular flexibility index (Phi) is 50.2. The van der Waals surface area contributed by atoms with Crippen molar-refractivity contribution in [3.63, 3.8) is 0 Å². The summed E-state index contributed by atoms with van der Waals surface area (Å²) < 4.78 is 34.8. The van der Waals surface area contributed by atoms with Crippen LogP contribution in [0.15, 0.2) is 60.8 Å². The van der Waals surface area contributed by atoms with Crippen molar-refractivity contribution in [3.8, 4) is 0 Å². The van der Waals surface area contributed by atoms with Crippen molar-refractivity contribution in [2.24, 2.45) is 0 Å². The molecule has 2 unspecified atom stereocenters. The maximum Gasteiger partial charge on any atom is 0.306 e. The molecule has 0 aliphatic heterocycles. The van der Waals surface area contributed by atoms with E-state index in [1.807, 2.05) is 21.1 Å². The Morgan fingerprint density at radius 2 is 0.853 bits per heavy atom. The van der Waals surface area contributed by atoms with Gasteiger partial charge in [0.25, 0.3) is 7.82 Å². The number of hydrogen-bond acceptors (Lipinski definition) is 7. The van der Waals surface area contributed by atoms with E-state index in [1.54, 1.807) is 0 Å². The van der Waals surface area contributed by atoms with Crippen LogP contribution in [0.5, 0.6) is 0 Å². The smallest absolute Gasteiger partial charge is 0.306 e. The van der Waals surface area contributed by atoms with Crippen LogP contribution in [0.25, 0.3) is 0 Å². The van der Waals surface area contributed by atoms with Gasteiger partial charge in [-0.1, -0.05) is 248 Å². The van der Waals surface area contributed by atoms with Crippen molar-refractivity contribution in [1.29, 1.82) is 0 Å². The molecule has 0 aliphatic carbocycles. The number of phosphoric ester groups is 1. The zero-order chi connectivity index (χ0) is 49.8. The lowest BCUT2D eigenvalue weighted by Crippen LogP contribution is -2.37. The first-order valence-corrected chi connectivity index (χ1v) is 30.0. The number of carbonyl (C=O) groups excluding carboxylic acids is 1. The Balaban J connectivity index is 4.09. The normalized spacial score (nSPS) is 13.9. The highest BCUT2D eigenvalue weighted by atomic mass is 31.2. The summed E-state index contributed by atoms with van der Waals surface area (Å²) in [5, 5.41) is 0. The van der Waals surface area contributed by atoms with Crippen LogP contribution in [0.1, 0.15) is 251 Å². The number of allylic oxidation sites excluding steroid dienone is 10. The van der Waals surface area contributed by atoms with Gasteiger partial charge >= 0.3 is 5.97 Å². The second-order valence-corrected chi connectivity index (χ2v) is 21.7. The van der Waals surface area contributed by atoms with Gasteiger partial charge in [-0.3, -0.25) is 9.36 Å². The minimum Gasteiger partial charge on any atom is -0.756 e. The molecule has 398 valence electrons. The zero-order valence-corrected chi connectivity index (χ0v) is 46.2. The molecule has 0 fully saturated rings. The molecule has 9 heteroatoms. The molecule has 8 nitrogen and oxygen atoms in total. The van der Waals surface area contributed by atoms with E-state index in [4.69, 9.17) is 18.5 Å². The van der Waals surface area contributed by atoms with Crippen LogP contribution >= 0.6 is 7.82 Å². The maximum absolute atomic E-state index is 12.8. The van der Waals surface area contributed by atoms with Gasteiger partial charge in [0, 0.05) is 13.0 Å². The van der Waals surface area contributed by atoms with E-state index in [-0.39, 0.29) is 25.8 Å². The monoisotopic (exact) mass is 976 g/mol. The number of quaternary nitrogens is 1. The Morgan fingerprint density at radius 3 is 1.28 bits per heavy atom. The number of rotatable bonds is 53.